The molecule has 92 valence electrons. The predicted molar refractivity (Wildman–Crippen MR) is 60.2 cm³/mol. The molecule has 1 fully saturated rings. The van der Waals surface area contributed by atoms with Gasteiger partial charge in [0.05, 0.1) is 6.17 Å². The summed E-state index contributed by atoms with van der Waals surface area (Å²) in [6.45, 7) is 5.86. The molecule has 1 amide bonds. The average molecular weight is 229 g/mol. The fourth-order valence-corrected chi connectivity index (χ4v) is 0.860. The topological polar surface area (TPSA) is 107 Å². The minimum Gasteiger partial charge on any atom is -0.459 e. The molecule has 16 heavy (non-hydrogen) atoms. The Morgan fingerprint density at radius 1 is 1.62 bits per heavy atom. The summed E-state index contributed by atoms with van der Waals surface area (Å²) in [5.74, 6) is -0.254. The quantitative estimate of drug-likeness (QED) is 0.335. The van der Waals surface area contributed by atoms with Gasteiger partial charge in [-0.1, -0.05) is 6.58 Å². The highest BCUT2D eigenvalue weighted by Crippen LogP contribution is 1.93. The molecule has 0 saturated carbocycles. The normalized spacial score (nSPS) is 13.9. The van der Waals surface area contributed by atoms with Crippen molar-refractivity contribution in [2.75, 3.05) is 13.2 Å². The smallest absolute Gasteiger partial charge is 0.333 e. The molecular formula is C10H19N3O3. The lowest BCUT2D eigenvalue weighted by molar-refractivity contribution is -0.139. The molecule has 6 heteroatoms. The zero-order valence-corrected chi connectivity index (χ0v) is 9.49. The molecule has 1 aliphatic heterocycles. The minimum atomic E-state index is -0.608. The molecule has 0 aromatic heterocycles. The highest BCUT2D eigenvalue weighted by Gasteiger charge is 2.05. The van der Waals surface area contributed by atoms with E-state index in [0.29, 0.717) is 5.57 Å². The maximum atomic E-state index is 10.6. The maximum Gasteiger partial charge on any atom is 0.333 e. The monoisotopic (exact) mass is 229 g/mol. The van der Waals surface area contributed by atoms with E-state index in [0.717, 1.165) is 19.4 Å². The van der Waals surface area contributed by atoms with E-state index in [1.54, 1.807) is 6.92 Å². The summed E-state index contributed by atoms with van der Waals surface area (Å²) in [5.41, 5.74) is 10.6. The third kappa shape index (κ3) is 7.95. The van der Waals surface area contributed by atoms with Crippen molar-refractivity contribution in [2.24, 2.45) is 11.5 Å². The number of hydrogen-bond acceptors (Lipinski definition) is 5. The third-order valence-corrected chi connectivity index (χ3v) is 1.66. The summed E-state index contributed by atoms with van der Waals surface area (Å²) in [7, 11) is 0. The van der Waals surface area contributed by atoms with E-state index in [9.17, 15) is 9.59 Å². The summed E-state index contributed by atoms with van der Waals surface area (Å²) in [4.78, 5) is 20.7. The Labute approximate surface area is 95.0 Å². The van der Waals surface area contributed by atoms with Crippen molar-refractivity contribution >= 4 is 11.9 Å². The van der Waals surface area contributed by atoms with E-state index in [1.807, 2.05) is 0 Å². The van der Waals surface area contributed by atoms with Crippen molar-refractivity contribution in [2.45, 2.75) is 25.9 Å². The van der Waals surface area contributed by atoms with Crippen molar-refractivity contribution in [1.82, 2.24) is 5.32 Å². The van der Waals surface area contributed by atoms with Gasteiger partial charge in [-0.2, -0.15) is 0 Å². The highest BCUT2D eigenvalue weighted by molar-refractivity contribution is 5.86. The molecule has 0 aliphatic carbocycles. The van der Waals surface area contributed by atoms with Crippen LogP contribution in [-0.4, -0.2) is 31.2 Å². The Morgan fingerprint density at radius 3 is 2.50 bits per heavy atom. The van der Waals surface area contributed by atoms with Gasteiger partial charge in [0.1, 0.15) is 6.61 Å². The molecule has 0 aromatic carbocycles. The predicted octanol–water partition coefficient (Wildman–Crippen LogP) is -0.754. The Hall–Kier alpha value is -1.40. The number of amides is 1. The standard InChI is InChI=1S/C6H12N2O2.C4H7NO/c1-4(2)6(9)10-3-5(7)8;6-4-2-1-3-5-4/h5H,1,3,7-8H2,2H3;1-3H2,(H,5,6). The highest BCUT2D eigenvalue weighted by atomic mass is 16.5. The fraction of sp³-hybridized carbons (Fsp3) is 0.600. The Morgan fingerprint density at radius 2 is 2.25 bits per heavy atom. The molecule has 1 heterocycles. The van der Waals surface area contributed by atoms with Crippen LogP contribution in [0.3, 0.4) is 0 Å². The van der Waals surface area contributed by atoms with Crippen molar-refractivity contribution in [3.05, 3.63) is 12.2 Å². The molecule has 1 aliphatic rings. The second kappa shape index (κ2) is 7.84. The number of rotatable bonds is 3. The third-order valence-electron chi connectivity index (χ3n) is 1.66. The molecule has 0 spiro atoms. The lowest BCUT2D eigenvalue weighted by atomic mass is 10.4. The molecule has 0 radical (unpaired) electrons. The van der Waals surface area contributed by atoms with Gasteiger partial charge >= 0.3 is 5.97 Å². The lowest BCUT2D eigenvalue weighted by Crippen LogP contribution is -2.36. The average Bonchev–Trinajstić information content (AvgIpc) is 2.66. The van der Waals surface area contributed by atoms with Crippen LogP contribution in [0.15, 0.2) is 12.2 Å². The zero-order chi connectivity index (χ0) is 12.6. The maximum absolute atomic E-state index is 10.6. The molecule has 1 saturated heterocycles. The zero-order valence-electron chi connectivity index (χ0n) is 9.49. The summed E-state index contributed by atoms with van der Waals surface area (Å²) >= 11 is 0. The van der Waals surface area contributed by atoms with Gasteiger partial charge in [-0.25, -0.2) is 4.79 Å². The van der Waals surface area contributed by atoms with Crippen LogP contribution in [0.4, 0.5) is 0 Å². The molecule has 6 nitrogen and oxygen atoms in total. The second-order valence-corrected chi connectivity index (χ2v) is 3.50. The van der Waals surface area contributed by atoms with Crippen LogP contribution in [0.2, 0.25) is 0 Å². The fourth-order valence-electron chi connectivity index (χ4n) is 0.860. The van der Waals surface area contributed by atoms with Gasteiger partial charge in [0, 0.05) is 18.5 Å². The van der Waals surface area contributed by atoms with Crippen molar-refractivity contribution < 1.29 is 14.3 Å². The van der Waals surface area contributed by atoms with Crippen LogP contribution in [0.5, 0.6) is 0 Å². The van der Waals surface area contributed by atoms with E-state index in [2.05, 4.69) is 16.6 Å². The number of ether oxygens (including phenoxy) is 1. The van der Waals surface area contributed by atoms with Gasteiger partial charge in [-0.05, 0) is 13.3 Å². The summed E-state index contributed by atoms with van der Waals surface area (Å²) < 4.78 is 4.58. The van der Waals surface area contributed by atoms with Crippen molar-refractivity contribution in [3.63, 3.8) is 0 Å². The van der Waals surface area contributed by atoms with Crippen molar-refractivity contribution in [1.29, 1.82) is 0 Å². The first-order valence-corrected chi connectivity index (χ1v) is 5.04. The molecular weight excluding hydrogens is 210 g/mol. The molecule has 0 aromatic rings. The second-order valence-electron chi connectivity index (χ2n) is 3.50. The number of nitrogens with two attached hydrogens (primary N) is 2. The molecule has 0 bridgehead atoms. The first-order valence-electron chi connectivity index (χ1n) is 5.04. The van der Waals surface area contributed by atoms with Crippen LogP contribution in [0.1, 0.15) is 19.8 Å². The van der Waals surface area contributed by atoms with Crippen LogP contribution < -0.4 is 16.8 Å². The van der Waals surface area contributed by atoms with Gasteiger partial charge < -0.3 is 21.5 Å². The van der Waals surface area contributed by atoms with Crippen molar-refractivity contribution in [3.8, 4) is 0 Å². The number of carbonyl (C=O) groups excluding carboxylic acids is 2. The van der Waals surface area contributed by atoms with Gasteiger partial charge in [-0.15, -0.1) is 0 Å². The SMILES string of the molecule is C=C(C)C(=O)OCC(N)N.O=C1CCCN1. The van der Waals surface area contributed by atoms with E-state index in [-0.39, 0.29) is 12.5 Å². The first kappa shape index (κ1) is 14.6. The molecule has 5 N–H and O–H groups in total. The van der Waals surface area contributed by atoms with E-state index < -0.39 is 12.1 Å². The van der Waals surface area contributed by atoms with Gasteiger partial charge in [0.25, 0.3) is 0 Å². The van der Waals surface area contributed by atoms with E-state index in [4.69, 9.17) is 11.5 Å². The molecule has 1 rings (SSSR count). The summed E-state index contributed by atoms with van der Waals surface area (Å²) in [6.07, 6.45) is 1.15. The van der Waals surface area contributed by atoms with Gasteiger partial charge in [0.15, 0.2) is 0 Å². The number of carbonyl (C=O) groups is 2. The van der Waals surface area contributed by atoms with Crippen LogP contribution in [0.25, 0.3) is 0 Å². The number of esters is 1. The van der Waals surface area contributed by atoms with E-state index in [1.165, 1.54) is 0 Å². The van der Waals surface area contributed by atoms with Crippen LogP contribution >= 0.6 is 0 Å². The number of nitrogens with one attached hydrogen (secondary N) is 1. The Bertz CT molecular complexity index is 256. The number of hydrogen-bond donors (Lipinski definition) is 3. The van der Waals surface area contributed by atoms with Gasteiger partial charge in [0.2, 0.25) is 5.91 Å². The minimum absolute atomic E-state index is 0.0334. The van der Waals surface area contributed by atoms with Gasteiger partial charge in [-0.3, -0.25) is 4.79 Å². The first-order chi connectivity index (χ1) is 7.43. The molecule has 0 unspecified atom stereocenters. The van der Waals surface area contributed by atoms with Crippen LogP contribution in [-0.2, 0) is 14.3 Å². The lowest BCUT2D eigenvalue weighted by Gasteiger charge is -2.05. The largest absolute Gasteiger partial charge is 0.459 e. The summed E-state index contributed by atoms with van der Waals surface area (Å²) in [5, 5.41) is 2.68. The Kier molecular flexibility index (Phi) is 7.15. The summed E-state index contributed by atoms with van der Waals surface area (Å²) in [6, 6.07) is 0. The Balaban J connectivity index is 0.000000315. The van der Waals surface area contributed by atoms with E-state index >= 15 is 0 Å². The van der Waals surface area contributed by atoms with Crippen LogP contribution in [0, 0.1) is 0 Å². The molecule has 0 atom stereocenters.